The number of pyridine rings is 1. The Kier molecular flexibility index (Phi) is 4.09. The van der Waals surface area contributed by atoms with E-state index in [0.717, 1.165) is 35.2 Å². The van der Waals surface area contributed by atoms with Gasteiger partial charge in [0.15, 0.2) is 0 Å². The van der Waals surface area contributed by atoms with E-state index in [1.807, 2.05) is 13.0 Å². The number of aryl methyl sites for hydroxylation is 1. The van der Waals surface area contributed by atoms with Crippen LogP contribution in [-0.4, -0.2) is 11.5 Å². The lowest BCUT2D eigenvalue weighted by atomic mass is 10.00. The lowest BCUT2D eigenvalue weighted by Crippen LogP contribution is -2.05. The third-order valence-corrected chi connectivity index (χ3v) is 4.53. The van der Waals surface area contributed by atoms with E-state index in [4.69, 9.17) is 4.98 Å². The molecule has 112 valence electrons. The van der Waals surface area contributed by atoms with E-state index in [1.54, 1.807) is 6.07 Å². The fourth-order valence-electron chi connectivity index (χ4n) is 3.26. The fourth-order valence-corrected chi connectivity index (χ4v) is 3.26. The SMILES string of the molecule is CCCNc1cc(C2CCCC2)nc2c(C)c(F)ccc12. The topological polar surface area (TPSA) is 24.9 Å². The van der Waals surface area contributed by atoms with Crippen LogP contribution in [-0.2, 0) is 0 Å². The van der Waals surface area contributed by atoms with Crippen molar-refractivity contribution < 1.29 is 4.39 Å². The first kappa shape index (κ1) is 14.3. The number of aromatic nitrogens is 1. The Balaban J connectivity index is 2.14. The van der Waals surface area contributed by atoms with Crippen molar-refractivity contribution in [3.8, 4) is 0 Å². The Hall–Kier alpha value is -1.64. The number of nitrogens with one attached hydrogen (secondary N) is 1. The van der Waals surface area contributed by atoms with Crippen LogP contribution in [0.25, 0.3) is 10.9 Å². The molecule has 0 amide bonds. The minimum atomic E-state index is -0.167. The van der Waals surface area contributed by atoms with Gasteiger partial charge in [0.2, 0.25) is 0 Å². The van der Waals surface area contributed by atoms with Crippen LogP contribution >= 0.6 is 0 Å². The van der Waals surface area contributed by atoms with E-state index >= 15 is 0 Å². The summed E-state index contributed by atoms with van der Waals surface area (Å²) in [4.78, 5) is 4.81. The van der Waals surface area contributed by atoms with Gasteiger partial charge in [0.25, 0.3) is 0 Å². The maximum absolute atomic E-state index is 13.9. The number of halogens is 1. The monoisotopic (exact) mass is 286 g/mol. The van der Waals surface area contributed by atoms with E-state index in [2.05, 4.69) is 18.3 Å². The molecule has 0 unspecified atom stereocenters. The summed E-state index contributed by atoms with van der Waals surface area (Å²) in [6.07, 6.45) is 6.05. The van der Waals surface area contributed by atoms with Crippen molar-refractivity contribution >= 4 is 16.6 Å². The van der Waals surface area contributed by atoms with Crippen LogP contribution in [0.5, 0.6) is 0 Å². The number of fused-ring (bicyclic) bond motifs is 1. The molecule has 0 atom stereocenters. The van der Waals surface area contributed by atoms with Gasteiger partial charge in [0.05, 0.1) is 5.52 Å². The Morgan fingerprint density at radius 2 is 2.05 bits per heavy atom. The van der Waals surface area contributed by atoms with Crippen molar-refractivity contribution in [2.24, 2.45) is 0 Å². The zero-order chi connectivity index (χ0) is 14.8. The third-order valence-electron chi connectivity index (χ3n) is 4.53. The van der Waals surface area contributed by atoms with E-state index in [-0.39, 0.29) is 5.82 Å². The number of benzene rings is 1. The zero-order valence-corrected chi connectivity index (χ0v) is 12.9. The molecule has 3 rings (SSSR count). The maximum atomic E-state index is 13.9. The van der Waals surface area contributed by atoms with Gasteiger partial charge in [0, 0.05) is 34.8 Å². The molecule has 0 radical (unpaired) electrons. The van der Waals surface area contributed by atoms with Gasteiger partial charge in [-0.25, -0.2) is 4.39 Å². The number of nitrogens with zero attached hydrogens (tertiary/aromatic N) is 1. The smallest absolute Gasteiger partial charge is 0.128 e. The highest BCUT2D eigenvalue weighted by Gasteiger charge is 2.20. The Bertz CT molecular complexity index is 645. The molecule has 1 aliphatic carbocycles. The fraction of sp³-hybridized carbons (Fsp3) is 0.500. The molecule has 0 saturated heterocycles. The van der Waals surface area contributed by atoms with Crippen molar-refractivity contribution in [2.45, 2.75) is 51.9 Å². The average molecular weight is 286 g/mol. The van der Waals surface area contributed by atoms with Crippen molar-refractivity contribution in [2.75, 3.05) is 11.9 Å². The maximum Gasteiger partial charge on any atom is 0.128 e. The highest BCUT2D eigenvalue weighted by molar-refractivity contribution is 5.93. The third kappa shape index (κ3) is 2.74. The summed E-state index contributed by atoms with van der Waals surface area (Å²) in [5.41, 5.74) is 3.71. The molecule has 21 heavy (non-hydrogen) atoms. The Morgan fingerprint density at radius 3 is 2.76 bits per heavy atom. The lowest BCUT2D eigenvalue weighted by molar-refractivity contribution is 0.620. The second kappa shape index (κ2) is 6.00. The van der Waals surface area contributed by atoms with E-state index in [1.165, 1.54) is 25.7 Å². The summed E-state index contributed by atoms with van der Waals surface area (Å²) in [6.45, 7) is 4.91. The molecule has 1 aromatic carbocycles. The Morgan fingerprint density at radius 1 is 1.29 bits per heavy atom. The van der Waals surface area contributed by atoms with E-state index in [9.17, 15) is 4.39 Å². The van der Waals surface area contributed by atoms with Gasteiger partial charge < -0.3 is 5.32 Å². The standard InChI is InChI=1S/C18H23FN2/c1-3-10-20-17-11-16(13-6-4-5-7-13)21-18-12(2)15(19)9-8-14(17)18/h8-9,11,13H,3-7,10H2,1-2H3,(H,20,21). The van der Waals surface area contributed by atoms with Crippen LogP contribution in [0.15, 0.2) is 18.2 Å². The molecule has 1 aliphatic rings. The minimum Gasteiger partial charge on any atom is -0.384 e. The summed E-state index contributed by atoms with van der Waals surface area (Å²) >= 11 is 0. The van der Waals surface area contributed by atoms with E-state index in [0.29, 0.717) is 11.5 Å². The van der Waals surface area contributed by atoms with Crippen LogP contribution in [0, 0.1) is 12.7 Å². The molecule has 1 fully saturated rings. The van der Waals surface area contributed by atoms with E-state index < -0.39 is 0 Å². The predicted molar refractivity (Wildman–Crippen MR) is 86.4 cm³/mol. The van der Waals surface area contributed by atoms with Gasteiger partial charge in [-0.3, -0.25) is 4.98 Å². The van der Waals surface area contributed by atoms with Crippen molar-refractivity contribution in [3.63, 3.8) is 0 Å². The number of hydrogen-bond acceptors (Lipinski definition) is 2. The number of anilines is 1. The molecule has 1 heterocycles. The van der Waals surface area contributed by atoms with Gasteiger partial charge >= 0.3 is 0 Å². The molecule has 2 aromatic rings. The molecule has 1 N–H and O–H groups in total. The summed E-state index contributed by atoms with van der Waals surface area (Å²) in [6, 6.07) is 5.58. The molecule has 0 aliphatic heterocycles. The van der Waals surface area contributed by atoms with Crippen LogP contribution in [0.4, 0.5) is 10.1 Å². The summed E-state index contributed by atoms with van der Waals surface area (Å²) < 4.78 is 13.9. The van der Waals surface area contributed by atoms with Crippen LogP contribution < -0.4 is 5.32 Å². The summed E-state index contributed by atoms with van der Waals surface area (Å²) in [7, 11) is 0. The van der Waals surface area contributed by atoms with Gasteiger partial charge in [-0.15, -0.1) is 0 Å². The first-order chi connectivity index (χ1) is 10.2. The lowest BCUT2D eigenvalue weighted by Gasteiger charge is -2.16. The highest BCUT2D eigenvalue weighted by Crippen LogP contribution is 2.36. The second-order valence-electron chi connectivity index (χ2n) is 6.07. The number of hydrogen-bond donors (Lipinski definition) is 1. The van der Waals surface area contributed by atoms with Crippen molar-refractivity contribution in [3.05, 3.63) is 35.3 Å². The molecule has 0 spiro atoms. The molecule has 0 bridgehead atoms. The van der Waals surface area contributed by atoms with Gasteiger partial charge in [-0.05, 0) is 44.4 Å². The van der Waals surface area contributed by atoms with Gasteiger partial charge in [-0.2, -0.15) is 0 Å². The van der Waals surface area contributed by atoms with Crippen molar-refractivity contribution in [1.29, 1.82) is 0 Å². The Labute approximate surface area is 125 Å². The minimum absolute atomic E-state index is 0.167. The quantitative estimate of drug-likeness (QED) is 0.839. The normalized spacial score (nSPS) is 15.8. The second-order valence-corrected chi connectivity index (χ2v) is 6.07. The van der Waals surface area contributed by atoms with Gasteiger partial charge in [-0.1, -0.05) is 19.8 Å². The first-order valence-electron chi connectivity index (χ1n) is 8.04. The van der Waals surface area contributed by atoms with Crippen LogP contribution in [0.1, 0.15) is 56.2 Å². The summed E-state index contributed by atoms with van der Waals surface area (Å²) in [5, 5.41) is 4.52. The number of rotatable bonds is 4. The highest BCUT2D eigenvalue weighted by atomic mass is 19.1. The summed E-state index contributed by atoms with van der Waals surface area (Å²) in [5.74, 6) is 0.374. The first-order valence-corrected chi connectivity index (χ1v) is 8.04. The molecule has 1 aromatic heterocycles. The largest absolute Gasteiger partial charge is 0.384 e. The molecular weight excluding hydrogens is 263 g/mol. The average Bonchev–Trinajstić information content (AvgIpc) is 3.03. The zero-order valence-electron chi connectivity index (χ0n) is 12.9. The molecule has 3 heteroatoms. The van der Waals surface area contributed by atoms with Crippen LogP contribution in [0.3, 0.4) is 0 Å². The van der Waals surface area contributed by atoms with Crippen molar-refractivity contribution in [1.82, 2.24) is 4.98 Å². The molecule has 1 saturated carbocycles. The molecular formula is C18H23FN2. The predicted octanol–water partition coefficient (Wildman–Crippen LogP) is 5.16. The van der Waals surface area contributed by atoms with Gasteiger partial charge in [0.1, 0.15) is 5.82 Å². The van der Waals surface area contributed by atoms with Crippen LogP contribution in [0.2, 0.25) is 0 Å². The molecule has 2 nitrogen and oxygen atoms in total.